The first-order chi connectivity index (χ1) is 9.70. The summed E-state index contributed by atoms with van der Waals surface area (Å²) in [5.74, 6) is 0.599. The summed E-state index contributed by atoms with van der Waals surface area (Å²) in [5.41, 5.74) is 4.20. The summed E-state index contributed by atoms with van der Waals surface area (Å²) >= 11 is 0. The third-order valence-electron chi connectivity index (χ3n) is 3.92. The third-order valence-corrected chi connectivity index (χ3v) is 3.92. The van der Waals surface area contributed by atoms with Crippen LogP contribution in [0.3, 0.4) is 0 Å². The van der Waals surface area contributed by atoms with Crippen LogP contribution < -0.4 is 5.32 Å². The van der Waals surface area contributed by atoms with Gasteiger partial charge in [0.05, 0.1) is 0 Å². The molecule has 20 heavy (non-hydrogen) atoms. The van der Waals surface area contributed by atoms with Gasteiger partial charge in [0.2, 0.25) is 0 Å². The van der Waals surface area contributed by atoms with E-state index < -0.39 is 0 Å². The minimum absolute atomic E-state index is 0.427. The molecule has 0 aliphatic carbocycles. The maximum atomic E-state index is 3.44. The van der Waals surface area contributed by atoms with E-state index in [1.54, 1.807) is 0 Å². The maximum absolute atomic E-state index is 3.44. The molecule has 0 saturated carbocycles. The Morgan fingerprint density at radius 2 is 1.45 bits per heavy atom. The molecule has 0 amide bonds. The maximum Gasteiger partial charge on any atom is 0.0320 e. The summed E-state index contributed by atoms with van der Waals surface area (Å²) in [6.07, 6.45) is 2.24. The Bertz CT molecular complexity index is 499. The molecule has 2 rings (SSSR count). The van der Waals surface area contributed by atoms with Gasteiger partial charge in [0, 0.05) is 6.04 Å². The summed E-state index contributed by atoms with van der Waals surface area (Å²) in [6, 6.07) is 20.2. The van der Waals surface area contributed by atoms with Gasteiger partial charge in [-0.1, -0.05) is 68.4 Å². The lowest BCUT2D eigenvalue weighted by Gasteiger charge is -2.17. The van der Waals surface area contributed by atoms with Crippen molar-refractivity contribution in [2.75, 3.05) is 7.05 Å². The van der Waals surface area contributed by atoms with Crippen LogP contribution in [0.4, 0.5) is 0 Å². The molecule has 0 radical (unpaired) electrons. The predicted molar refractivity (Wildman–Crippen MR) is 87.1 cm³/mol. The van der Waals surface area contributed by atoms with Gasteiger partial charge in [0.25, 0.3) is 0 Å². The van der Waals surface area contributed by atoms with E-state index in [1.807, 2.05) is 7.05 Å². The average Bonchev–Trinajstić information content (AvgIpc) is 2.49. The highest BCUT2D eigenvalue weighted by Gasteiger charge is 2.09. The van der Waals surface area contributed by atoms with Gasteiger partial charge in [-0.2, -0.15) is 0 Å². The number of hydrogen-bond acceptors (Lipinski definition) is 1. The molecule has 0 bridgehead atoms. The molecule has 0 aliphatic heterocycles. The van der Waals surface area contributed by atoms with Crippen molar-refractivity contribution in [3.8, 4) is 0 Å². The van der Waals surface area contributed by atoms with Gasteiger partial charge < -0.3 is 5.32 Å². The second-order valence-corrected chi connectivity index (χ2v) is 5.69. The molecule has 1 unspecified atom stereocenters. The van der Waals surface area contributed by atoms with Gasteiger partial charge >= 0.3 is 0 Å². The molecule has 1 heteroatoms. The van der Waals surface area contributed by atoms with Crippen molar-refractivity contribution in [2.45, 2.75) is 38.6 Å². The van der Waals surface area contributed by atoms with E-state index in [4.69, 9.17) is 0 Å². The van der Waals surface area contributed by atoms with Gasteiger partial charge in [-0.25, -0.2) is 0 Å². The molecule has 0 fully saturated rings. The van der Waals surface area contributed by atoms with Gasteiger partial charge in [-0.3, -0.25) is 0 Å². The molecule has 1 atom stereocenters. The van der Waals surface area contributed by atoms with Crippen molar-refractivity contribution in [3.05, 3.63) is 71.3 Å². The van der Waals surface area contributed by atoms with E-state index in [-0.39, 0.29) is 0 Å². The predicted octanol–water partition coefficient (Wildman–Crippen LogP) is 4.70. The second kappa shape index (κ2) is 7.25. The lowest BCUT2D eigenvalue weighted by molar-refractivity contribution is 0.549. The van der Waals surface area contributed by atoms with Crippen LogP contribution in [-0.4, -0.2) is 7.05 Å². The first kappa shape index (κ1) is 14.8. The Morgan fingerprint density at radius 1 is 0.850 bits per heavy atom. The summed E-state index contributed by atoms with van der Waals surface area (Å²) in [7, 11) is 2.05. The SMILES string of the molecule is CNC(CCc1ccccc1)c1ccc(C(C)C)cc1. The standard InChI is InChI=1S/C19H25N/c1-15(2)17-10-12-18(13-11-17)19(20-3)14-9-16-7-5-4-6-8-16/h4-8,10-13,15,19-20H,9,14H2,1-3H3. The molecular formula is C19H25N. The Kier molecular flexibility index (Phi) is 5.37. The monoisotopic (exact) mass is 267 g/mol. The Balaban J connectivity index is 2.01. The minimum Gasteiger partial charge on any atom is -0.313 e. The number of benzene rings is 2. The van der Waals surface area contributed by atoms with Crippen LogP contribution in [0.5, 0.6) is 0 Å². The van der Waals surface area contributed by atoms with Crippen molar-refractivity contribution in [1.82, 2.24) is 5.32 Å². The quantitative estimate of drug-likeness (QED) is 0.799. The summed E-state index contributed by atoms with van der Waals surface area (Å²) < 4.78 is 0. The molecule has 0 heterocycles. The van der Waals surface area contributed by atoms with E-state index >= 15 is 0 Å². The lowest BCUT2D eigenvalue weighted by Crippen LogP contribution is -2.17. The van der Waals surface area contributed by atoms with Crippen molar-refractivity contribution in [2.24, 2.45) is 0 Å². The van der Waals surface area contributed by atoms with E-state index in [0.717, 1.165) is 12.8 Å². The third kappa shape index (κ3) is 3.94. The summed E-state index contributed by atoms with van der Waals surface area (Å²) in [5, 5.41) is 3.44. The van der Waals surface area contributed by atoms with E-state index in [1.165, 1.54) is 16.7 Å². The Morgan fingerprint density at radius 3 is 2.00 bits per heavy atom. The van der Waals surface area contributed by atoms with Crippen molar-refractivity contribution < 1.29 is 0 Å². The van der Waals surface area contributed by atoms with Crippen LogP contribution in [0.2, 0.25) is 0 Å². The second-order valence-electron chi connectivity index (χ2n) is 5.69. The topological polar surface area (TPSA) is 12.0 Å². The minimum atomic E-state index is 0.427. The number of nitrogens with one attached hydrogen (secondary N) is 1. The zero-order chi connectivity index (χ0) is 14.4. The van der Waals surface area contributed by atoms with E-state index in [2.05, 4.69) is 73.8 Å². The normalized spacial score (nSPS) is 12.6. The van der Waals surface area contributed by atoms with Gasteiger partial charge in [-0.15, -0.1) is 0 Å². The van der Waals surface area contributed by atoms with Crippen LogP contribution in [0.1, 0.15) is 48.9 Å². The molecule has 0 aliphatic rings. The molecule has 0 aromatic heterocycles. The van der Waals surface area contributed by atoms with Crippen molar-refractivity contribution in [3.63, 3.8) is 0 Å². The van der Waals surface area contributed by atoms with Crippen molar-refractivity contribution in [1.29, 1.82) is 0 Å². The molecule has 106 valence electrons. The zero-order valence-electron chi connectivity index (χ0n) is 12.8. The fourth-order valence-corrected chi connectivity index (χ4v) is 2.55. The molecule has 2 aromatic carbocycles. The van der Waals surface area contributed by atoms with Crippen LogP contribution in [0.15, 0.2) is 54.6 Å². The average molecular weight is 267 g/mol. The molecule has 2 aromatic rings. The van der Waals surface area contributed by atoms with Crippen molar-refractivity contribution >= 4 is 0 Å². The highest BCUT2D eigenvalue weighted by molar-refractivity contribution is 5.27. The van der Waals surface area contributed by atoms with Crippen LogP contribution >= 0.6 is 0 Å². The molecule has 1 nitrogen and oxygen atoms in total. The number of hydrogen-bond donors (Lipinski definition) is 1. The van der Waals surface area contributed by atoms with E-state index in [9.17, 15) is 0 Å². The number of rotatable bonds is 6. The number of aryl methyl sites for hydroxylation is 1. The molecule has 0 saturated heterocycles. The molecular weight excluding hydrogens is 242 g/mol. The molecule has 0 spiro atoms. The lowest BCUT2D eigenvalue weighted by atomic mass is 9.96. The fourth-order valence-electron chi connectivity index (χ4n) is 2.55. The van der Waals surface area contributed by atoms with E-state index in [0.29, 0.717) is 12.0 Å². The summed E-state index contributed by atoms with van der Waals surface area (Å²) in [6.45, 7) is 4.47. The van der Waals surface area contributed by atoms with Gasteiger partial charge in [-0.05, 0) is 42.5 Å². The first-order valence-electron chi connectivity index (χ1n) is 7.51. The Labute approximate surface area is 123 Å². The molecule has 1 N–H and O–H groups in total. The largest absolute Gasteiger partial charge is 0.313 e. The summed E-state index contributed by atoms with van der Waals surface area (Å²) in [4.78, 5) is 0. The fraction of sp³-hybridized carbons (Fsp3) is 0.368. The van der Waals surface area contributed by atoms with Gasteiger partial charge in [0.15, 0.2) is 0 Å². The highest BCUT2D eigenvalue weighted by Crippen LogP contribution is 2.22. The van der Waals surface area contributed by atoms with Gasteiger partial charge in [0.1, 0.15) is 0 Å². The highest BCUT2D eigenvalue weighted by atomic mass is 14.9. The van der Waals surface area contributed by atoms with Crippen LogP contribution in [0, 0.1) is 0 Å². The Hall–Kier alpha value is -1.60. The van der Waals surface area contributed by atoms with Crippen LogP contribution in [-0.2, 0) is 6.42 Å². The smallest absolute Gasteiger partial charge is 0.0320 e. The first-order valence-corrected chi connectivity index (χ1v) is 7.51. The zero-order valence-corrected chi connectivity index (χ0v) is 12.8. The van der Waals surface area contributed by atoms with Crippen LogP contribution in [0.25, 0.3) is 0 Å².